The number of nitrogens with one attached hydrogen (secondary N) is 1. The minimum atomic E-state index is 0.798. The van der Waals surface area contributed by atoms with Gasteiger partial charge in [0.2, 0.25) is 0 Å². The molecule has 1 rings (SSSR count). The summed E-state index contributed by atoms with van der Waals surface area (Å²) >= 11 is 3.64. The van der Waals surface area contributed by atoms with E-state index in [4.69, 9.17) is 9.50 Å². The van der Waals surface area contributed by atoms with Gasteiger partial charge in [-0.05, 0) is 18.6 Å². The Morgan fingerprint density at radius 2 is 1.11 bits per heavy atom. The minimum Gasteiger partial charge on any atom is -0.295 e. The van der Waals surface area contributed by atoms with Crippen molar-refractivity contribution >= 4 is 17.6 Å². The Bertz CT molecular complexity index is 349. The summed E-state index contributed by atoms with van der Waals surface area (Å²) in [5.74, 6) is 0. The van der Waals surface area contributed by atoms with Gasteiger partial charge in [0.15, 0.2) is 0 Å². The molecule has 3 nitrogen and oxygen atoms in total. The van der Waals surface area contributed by atoms with E-state index in [1.165, 1.54) is 77.0 Å². The predicted octanol–water partition coefficient (Wildman–Crippen LogP) is 8.28. The Hall–Kier alpha value is -0.770. The standard InChI is InChI=1S/C20H35NO.C3H8.ClHO/c1-2-3-4-5-6-7-8-9-10-11-12-16-19-22-21-20-17-14-13-15-18-20;1-3-2;1-2/h13-15,17-18,21H,2-12,16,19H2,1H3;3H2,1-2H3;2H. The fourth-order valence-corrected chi connectivity index (χ4v) is 2.66. The van der Waals surface area contributed by atoms with E-state index >= 15 is 0 Å². The molecule has 27 heavy (non-hydrogen) atoms. The summed E-state index contributed by atoms with van der Waals surface area (Å²) in [6, 6.07) is 10.1. The van der Waals surface area contributed by atoms with Crippen LogP contribution in [0, 0.1) is 0 Å². The molecule has 160 valence electrons. The highest BCUT2D eigenvalue weighted by Gasteiger charge is 1.94. The first-order chi connectivity index (χ1) is 13.3. The Morgan fingerprint density at radius 3 is 1.56 bits per heavy atom. The Morgan fingerprint density at radius 1 is 0.704 bits per heavy atom. The number of halogens is 1. The van der Waals surface area contributed by atoms with Crippen LogP contribution in [0.5, 0.6) is 0 Å². The Kier molecular flexibility index (Phi) is 28.9. The minimum absolute atomic E-state index is 0.798. The fraction of sp³-hybridized carbons (Fsp3) is 0.739. The van der Waals surface area contributed by atoms with Crippen LogP contribution >= 0.6 is 11.9 Å². The second kappa shape index (κ2) is 27.4. The molecule has 0 bridgehead atoms. The third kappa shape index (κ3) is 25.2. The van der Waals surface area contributed by atoms with E-state index < -0.39 is 0 Å². The van der Waals surface area contributed by atoms with Crippen molar-refractivity contribution in [3.8, 4) is 0 Å². The van der Waals surface area contributed by atoms with E-state index in [0.717, 1.165) is 18.7 Å². The molecule has 0 saturated carbocycles. The topological polar surface area (TPSA) is 41.5 Å². The van der Waals surface area contributed by atoms with Gasteiger partial charge in [-0.1, -0.05) is 116 Å². The van der Waals surface area contributed by atoms with E-state index in [9.17, 15) is 0 Å². The van der Waals surface area contributed by atoms with E-state index in [1.54, 1.807) is 0 Å². The van der Waals surface area contributed by atoms with Crippen molar-refractivity contribution in [3.63, 3.8) is 0 Å². The van der Waals surface area contributed by atoms with Crippen LogP contribution in [0.2, 0.25) is 0 Å². The maximum absolute atomic E-state index is 6.47. The van der Waals surface area contributed by atoms with Gasteiger partial charge in [0.25, 0.3) is 0 Å². The molecule has 0 radical (unpaired) electrons. The average Bonchev–Trinajstić information content (AvgIpc) is 2.71. The summed E-state index contributed by atoms with van der Waals surface area (Å²) in [7, 11) is 0. The number of hydrogen-bond donors (Lipinski definition) is 2. The molecule has 0 unspecified atom stereocenters. The molecule has 0 saturated heterocycles. The van der Waals surface area contributed by atoms with Crippen molar-refractivity contribution in [1.82, 2.24) is 0 Å². The Labute approximate surface area is 174 Å². The second-order valence-electron chi connectivity index (χ2n) is 6.91. The molecule has 0 aliphatic carbocycles. The molecule has 0 spiro atoms. The quantitative estimate of drug-likeness (QED) is 0.229. The summed E-state index contributed by atoms with van der Waals surface area (Å²) < 4.78 is 6.47. The Balaban J connectivity index is 0. The van der Waals surface area contributed by atoms with Gasteiger partial charge in [0.1, 0.15) is 0 Å². The first-order valence-electron chi connectivity index (χ1n) is 10.9. The molecule has 4 heteroatoms. The number of unbranched alkanes of at least 4 members (excludes halogenated alkanes) is 11. The molecule has 1 aromatic carbocycles. The molecule has 0 atom stereocenters. The zero-order valence-corrected chi connectivity index (χ0v) is 18.8. The second-order valence-corrected chi connectivity index (χ2v) is 6.91. The summed E-state index contributed by atoms with van der Waals surface area (Å²) in [5, 5.41) is 0. The van der Waals surface area contributed by atoms with Gasteiger partial charge in [-0.25, -0.2) is 0 Å². The number of benzene rings is 1. The van der Waals surface area contributed by atoms with Crippen LogP contribution in [0.4, 0.5) is 5.69 Å². The molecule has 0 heterocycles. The lowest BCUT2D eigenvalue weighted by atomic mass is 10.1. The van der Waals surface area contributed by atoms with Crippen LogP contribution in [0.25, 0.3) is 0 Å². The van der Waals surface area contributed by atoms with Crippen LogP contribution in [0.15, 0.2) is 30.3 Å². The van der Waals surface area contributed by atoms with Gasteiger partial charge in [0.05, 0.1) is 24.2 Å². The molecule has 0 aliphatic rings. The molecular formula is C23H44ClNO2. The van der Waals surface area contributed by atoms with Crippen molar-refractivity contribution in [3.05, 3.63) is 30.3 Å². The van der Waals surface area contributed by atoms with Crippen molar-refractivity contribution in [2.24, 2.45) is 0 Å². The molecule has 0 amide bonds. The van der Waals surface area contributed by atoms with Gasteiger partial charge >= 0.3 is 0 Å². The monoisotopic (exact) mass is 401 g/mol. The van der Waals surface area contributed by atoms with Gasteiger partial charge in [0, 0.05) is 0 Å². The van der Waals surface area contributed by atoms with Crippen molar-refractivity contribution < 1.29 is 9.50 Å². The van der Waals surface area contributed by atoms with Gasteiger partial charge in [-0.3, -0.25) is 15.0 Å². The van der Waals surface area contributed by atoms with Gasteiger partial charge in [-0.15, -0.1) is 0 Å². The third-order valence-corrected chi connectivity index (χ3v) is 4.06. The summed E-state index contributed by atoms with van der Waals surface area (Å²) in [5.41, 5.74) is 4.01. The van der Waals surface area contributed by atoms with E-state index in [1.807, 2.05) is 30.3 Å². The van der Waals surface area contributed by atoms with Crippen LogP contribution in [0.1, 0.15) is 104 Å². The van der Waals surface area contributed by atoms with E-state index in [2.05, 4.69) is 38.1 Å². The first kappa shape index (κ1) is 28.4. The highest BCUT2D eigenvalue weighted by molar-refractivity contribution is 6.04. The highest BCUT2D eigenvalue weighted by Crippen LogP contribution is 2.12. The molecule has 0 fully saturated rings. The SMILES string of the molecule is CCC.CCCCCCCCCCCCCCONc1ccccc1.OCl. The third-order valence-electron chi connectivity index (χ3n) is 4.06. The predicted molar refractivity (Wildman–Crippen MR) is 121 cm³/mol. The maximum Gasteiger partial charge on any atom is 0.0746 e. The zero-order valence-electron chi connectivity index (χ0n) is 18.0. The van der Waals surface area contributed by atoms with Gasteiger partial charge < -0.3 is 0 Å². The van der Waals surface area contributed by atoms with E-state index in [0.29, 0.717) is 0 Å². The maximum atomic E-state index is 6.47. The first-order valence-corrected chi connectivity index (χ1v) is 11.3. The molecule has 0 aromatic heterocycles. The molecule has 0 aliphatic heterocycles. The molecule has 1 aromatic rings. The smallest absolute Gasteiger partial charge is 0.0746 e. The lowest BCUT2D eigenvalue weighted by Gasteiger charge is -2.06. The van der Waals surface area contributed by atoms with E-state index in [-0.39, 0.29) is 0 Å². The van der Waals surface area contributed by atoms with Crippen molar-refractivity contribution in [2.45, 2.75) is 104 Å². The zero-order chi connectivity index (χ0) is 20.4. The van der Waals surface area contributed by atoms with Crippen molar-refractivity contribution in [1.29, 1.82) is 0 Å². The summed E-state index contributed by atoms with van der Waals surface area (Å²) in [4.78, 5) is 5.46. The normalized spacial score (nSPS) is 9.67. The summed E-state index contributed by atoms with van der Waals surface area (Å²) in [6.07, 6.45) is 17.8. The lowest BCUT2D eigenvalue weighted by Crippen LogP contribution is -2.02. The van der Waals surface area contributed by atoms with Crippen LogP contribution < -0.4 is 5.48 Å². The van der Waals surface area contributed by atoms with Crippen LogP contribution in [-0.2, 0) is 4.84 Å². The fourth-order valence-electron chi connectivity index (χ4n) is 2.66. The number of para-hydroxylation sites is 1. The van der Waals surface area contributed by atoms with Crippen LogP contribution in [0.3, 0.4) is 0 Å². The number of rotatable bonds is 15. The molecule has 2 N–H and O–H groups in total. The largest absolute Gasteiger partial charge is 0.295 e. The lowest BCUT2D eigenvalue weighted by molar-refractivity contribution is 0.187. The van der Waals surface area contributed by atoms with Crippen molar-refractivity contribution in [2.75, 3.05) is 12.1 Å². The highest BCUT2D eigenvalue weighted by atomic mass is 35.5. The summed E-state index contributed by atoms with van der Waals surface area (Å²) in [6.45, 7) is 7.33. The molecular weight excluding hydrogens is 358 g/mol. The number of anilines is 1. The average molecular weight is 402 g/mol. The van der Waals surface area contributed by atoms with Crippen LogP contribution in [-0.4, -0.2) is 11.3 Å². The number of hydrogen-bond acceptors (Lipinski definition) is 3. The van der Waals surface area contributed by atoms with Gasteiger partial charge in [-0.2, -0.15) is 0 Å².